The Balaban J connectivity index is 1.57. The third-order valence-corrected chi connectivity index (χ3v) is 5.33. The van der Waals surface area contributed by atoms with Crippen molar-refractivity contribution in [3.8, 4) is 0 Å². The number of halogens is 2. The van der Waals surface area contributed by atoms with Gasteiger partial charge in [-0.15, -0.1) is 5.10 Å². The maximum Gasteiger partial charge on any atom is 0.240 e. The summed E-state index contributed by atoms with van der Waals surface area (Å²) in [6.07, 6.45) is -0.0102. The van der Waals surface area contributed by atoms with Crippen molar-refractivity contribution < 1.29 is 9.59 Å². The van der Waals surface area contributed by atoms with Crippen molar-refractivity contribution in [2.45, 2.75) is 11.7 Å². The van der Waals surface area contributed by atoms with E-state index in [4.69, 9.17) is 23.2 Å². The van der Waals surface area contributed by atoms with Crippen molar-refractivity contribution in [3.63, 3.8) is 0 Å². The number of nitrogens with zero attached hydrogens (tertiary/aromatic N) is 1. The summed E-state index contributed by atoms with van der Waals surface area (Å²) in [6, 6.07) is 14.3. The largest absolute Gasteiger partial charge is 0.325 e. The van der Waals surface area contributed by atoms with E-state index >= 15 is 0 Å². The molecular weight excluding hydrogens is 395 g/mol. The zero-order chi connectivity index (χ0) is 18.5. The molecule has 0 aliphatic carbocycles. The third-order valence-electron chi connectivity index (χ3n) is 3.43. The monoisotopic (exact) mass is 408 g/mol. The molecular formula is C17H14Cl2N4O2S. The quantitative estimate of drug-likeness (QED) is 0.654. The number of amides is 2. The Morgan fingerprint density at radius 2 is 1.92 bits per heavy atom. The summed E-state index contributed by atoms with van der Waals surface area (Å²) < 4.78 is 0. The number of carbonyl (C=O) groups is 2. The van der Waals surface area contributed by atoms with Gasteiger partial charge in [0.1, 0.15) is 5.25 Å². The highest BCUT2D eigenvalue weighted by atomic mass is 35.5. The van der Waals surface area contributed by atoms with Crippen LogP contribution < -0.4 is 16.1 Å². The van der Waals surface area contributed by atoms with E-state index in [0.29, 0.717) is 15.9 Å². The summed E-state index contributed by atoms with van der Waals surface area (Å²) >= 11 is 13.2. The van der Waals surface area contributed by atoms with Gasteiger partial charge in [-0.05, 0) is 24.3 Å². The molecule has 2 aromatic carbocycles. The molecule has 0 radical (unpaired) electrons. The number of benzene rings is 2. The van der Waals surface area contributed by atoms with Crippen LogP contribution in [0.25, 0.3) is 0 Å². The van der Waals surface area contributed by atoms with Gasteiger partial charge in [-0.25, -0.2) is 0 Å². The third kappa shape index (κ3) is 4.69. The molecule has 0 bridgehead atoms. The van der Waals surface area contributed by atoms with E-state index in [1.165, 1.54) is 11.8 Å². The Morgan fingerprint density at radius 3 is 2.69 bits per heavy atom. The molecule has 26 heavy (non-hydrogen) atoms. The lowest BCUT2D eigenvalue weighted by atomic mass is 10.2. The fourth-order valence-corrected chi connectivity index (χ4v) is 3.47. The number of thioether (sulfide) groups is 1. The Labute approximate surface area is 164 Å². The van der Waals surface area contributed by atoms with Gasteiger partial charge in [0.2, 0.25) is 11.8 Å². The average molecular weight is 409 g/mol. The Hall–Kier alpha value is -2.22. The molecule has 1 atom stereocenters. The van der Waals surface area contributed by atoms with Crippen molar-refractivity contribution in [1.82, 2.24) is 5.32 Å². The predicted octanol–water partition coefficient (Wildman–Crippen LogP) is 3.94. The van der Waals surface area contributed by atoms with Crippen LogP contribution in [0, 0.1) is 0 Å². The zero-order valence-electron chi connectivity index (χ0n) is 13.3. The molecule has 1 fully saturated rings. The summed E-state index contributed by atoms with van der Waals surface area (Å²) in [4.78, 5) is 24.2. The second-order valence-corrected chi connectivity index (χ2v) is 7.32. The van der Waals surface area contributed by atoms with E-state index in [2.05, 4.69) is 21.2 Å². The highest BCUT2D eigenvalue weighted by Gasteiger charge is 2.32. The normalized spacial score (nSPS) is 17.8. The van der Waals surface area contributed by atoms with Crippen molar-refractivity contribution in [1.29, 1.82) is 0 Å². The first kappa shape index (κ1) is 18.6. The van der Waals surface area contributed by atoms with Crippen LogP contribution in [0.3, 0.4) is 0 Å². The van der Waals surface area contributed by atoms with Crippen LogP contribution in [-0.2, 0) is 9.59 Å². The number of para-hydroxylation sites is 1. The summed E-state index contributed by atoms with van der Waals surface area (Å²) in [5.74, 6) is -0.602. The molecule has 0 unspecified atom stereocenters. The number of hydrogen-bond acceptors (Lipinski definition) is 5. The van der Waals surface area contributed by atoms with Gasteiger partial charge in [0, 0.05) is 6.42 Å². The van der Waals surface area contributed by atoms with E-state index in [-0.39, 0.29) is 23.3 Å². The predicted molar refractivity (Wildman–Crippen MR) is 107 cm³/mol. The molecule has 1 heterocycles. The van der Waals surface area contributed by atoms with Gasteiger partial charge in [0.25, 0.3) is 0 Å². The summed E-state index contributed by atoms with van der Waals surface area (Å²) in [5, 5.41) is 9.91. The minimum Gasteiger partial charge on any atom is -0.325 e. The van der Waals surface area contributed by atoms with Crippen LogP contribution in [0.5, 0.6) is 0 Å². The van der Waals surface area contributed by atoms with E-state index in [1.54, 1.807) is 18.2 Å². The van der Waals surface area contributed by atoms with Gasteiger partial charge in [-0.3, -0.25) is 15.0 Å². The number of carbonyl (C=O) groups excluding carboxylic acids is 2. The molecule has 1 saturated heterocycles. The number of rotatable bonds is 5. The topological polar surface area (TPSA) is 82.6 Å². The molecule has 0 saturated carbocycles. The van der Waals surface area contributed by atoms with Crippen LogP contribution in [-0.4, -0.2) is 22.2 Å². The van der Waals surface area contributed by atoms with Crippen LogP contribution in [0.1, 0.15) is 6.42 Å². The molecule has 0 aromatic heterocycles. The summed E-state index contributed by atoms with van der Waals surface area (Å²) in [7, 11) is 0. The molecule has 3 N–H and O–H groups in total. The fraction of sp³-hybridized carbons (Fsp3) is 0.118. The highest BCUT2D eigenvalue weighted by Crippen LogP contribution is 2.30. The fourth-order valence-electron chi connectivity index (χ4n) is 2.19. The maximum atomic E-state index is 12.2. The van der Waals surface area contributed by atoms with Crippen LogP contribution >= 0.6 is 35.0 Å². The minimum atomic E-state index is -0.565. The second kappa shape index (κ2) is 8.44. The Kier molecular flexibility index (Phi) is 6.03. The summed E-state index contributed by atoms with van der Waals surface area (Å²) in [5.41, 5.74) is 4.06. The first-order valence-electron chi connectivity index (χ1n) is 7.63. The van der Waals surface area contributed by atoms with Crippen LogP contribution in [0.2, 0.25) is 10.0 Å². The van der Waals surface area contributed by atoms with Crippen molar-refractivity contribution in [2.24, 2.45) is 5.10 Å². The molecule has 1 aliphatic rings. The van der Waals surface area contributed by atoms with Gasteiger partial charge in [-0.1, -0.05) is 59.2 Å². The molecule has 6 nitrogen and oxygen atoms in total. The number of amidine groups is 1. The van der Waals surface area contributed by atoms with Crippen molar-refractivity contribution in [3.05, 3.63) is 58.6 Å². The maximum absolute atomic E-state index is 12.2. The van der Waals surface area contributed by atoms with E-state index in [0.717, 1.165) is 5.69 Å². The molecule has 0 spiro atoms. The number of anilines is 2. The van der Waals surface area contributed by atoms with Gasteiger partial charge in [0.05, 0.1) is 21.4 Å². The van der Waals surface area contributed by atoms with Crippen LogP contribution in [0.15, 0.2) is 53.6 Å². The van der Waals surface area contributed by atoms with E-state index in [1.807, 2.05) is 30.3 Å². The lowest BCUT2D eigenvalue weighted by Crippen LogP contribution is -2.28. The van der Waals surface area contributed by atoms with Crippen LogP contribution in [0.4, 0.5) is 11.4 Å². The summed E-state index contributed by atoms with van der Waals surface area (Å²) in [6.45, 7) is 0. The van der Waals surface area contributed by atoms with Gasteiger partial charge >= 0.3 is 0 Å². The molecule has 134 valence electrons. The molecule has 9 heteroatoms. The lowest BCUT2D eigenvalue weighted by Gasteiger charge is -2.09. The van der Waals surface area contributed by atoms with E-state index < -0.39 is 5.25 Å². The Bertz CT molecular complexity index is 861. The molecule has 2 aromatic rings. The lowest BCUT2D eigenvalue weighted by molar-refractivity contribution is -0.122. The number of hydrogen-bond donors (Lipinski definition) is 3. The first-order chi connectivity index (χ1) is 12.5. The first-order valence-corrected chi connectivity index (χ1v) is 9.26. The van der Waals surface area contributed by atoms with E-state index in [9.17, 15) is 9.59 Å². The zero-order valence-corrected chi connectivity index (χ0v) is 15.7. The molecule has 2 amide bonds. The highest BCUT2D eigenvalue weighted by molar-refractivity contribution is 8.15. The second-order valence-electron chi connectivity index (χ2n) is 5.34. The SMILES string of the molecule is O=C(C[C@H]1S/C(=N/Nc2ccccc2)NC1=O)Nc1cccc(Cl)c1Cl. The Morgan fingerprint density at radius 1 is 1.15 bits per heavy atom. The van der Waals surface area contributed by atoms with Gasteiger partial charge in [0.15, 0.2) is 5.17 Å². The smallest absolute Gasteiger partial charge is 0.240 e. The minimum absolute atomic E-state index is 0.0102. The number of nitrogens with one attached hydrogen (secondary N) is 3. The van der Waals surface area contributed by atoms with Crippen molar-refractivity contribution in [2.75, 3.05) is 10.7 Å². The standard InChI is InChI=1S/C17H14Cl2N4O2S/c18-11-7-4-8-12(15(11)19)20-14(24)9-13-16(25)21-17(26-13)23-22-10-5-2-1-3-6-10/h1-8,13,22H,9H2,(H,20,24)(H,21,23,25)/t13-/m1/s1. The molecule has 3 rings (SSSR count). The van der Waals surface area contributed by atoms with Gasteiger partial charge in [-0.2, -0.15) is 0 Å². The number of hydrazone groups is 1. The average Bonchev–Trinajstić information content (AvgIpc) is 2.97. The molecule has 1 aliphatic heterocycles. The van der Waals surface area contributed by atoms with Crippen molar-refractivity contribution >= 4 is 63.3 Å². The van der Waals surface area contributed by atoms with Gasteiger partial charge < -0.3 is 10.6 Å².